The Hall–Kier alpha value is -3.21. The van der Waals surface area contributed by atoms with Gasteiger partial charge in [0.05, 0.1) is 7.11 Å². The summed E-state index contributed by atoms with van der Waals surface area (Å²) >= 11 is 0. The molecule has 2 rings (SSSR count). The van der Waals surface area contributed by atoms with Crippen molar-refractivity contribution in [2.24, 2.45) is 5.10 Å². The molecule has 0 aromatic heterocycles. The summed E-state index contributed by atoms with van der Waals surface area (Å²) in [6, 6.07) is 18.2. The molecule has 0 spiro atoms. The van der Waals surface area contributed by atoms with E-state index in [2.05, 4.69) is 15.3 Å². The number of nitrogens with zero attached hydrogens (tertiary/aromatic N) is 1. The van der Waals surface area contributed by atoms with Crippen LogP contribution in [0.3, 0.4) is 0 Å². The Balaban J connectivity index is 2.10. The van der Waals surface area contributed by atoms with Crippen molar-refractivity contribution >= 4 is 23.7 Å². The predicted octanol–water partition coefficient (Wildman–Crippen LogP) is 2.39. The van der Waals surface area contributed by atoms with Crippen LogP contribution in [0, 0.1) is 0 Å². The summed E-state index contributed by atoms with van der Waals surface area (Å²) in [6.07, 6.45) is 3.00. The fraction of sp³-hybridized carbons (Fsp3) is 0.0556. The molecule has 5 heteroatoms. The average Bonchev–Trinajstić information content (AvgIpc) is 2.61. The molecule has 0 saturated carbocycles. The Kier molecular flexibility index (Phi) is 5.82. The molecule has 0 heterocycles. The summed E-state index contributed by atoms with van der Waals surface area (Å²) in [5.74, 6) is -1.06. The monoisotopic (exact) mass is 308 g/mol. The van der Waals surface area contributed by atoms with Gasteiger partial charge in [-0.15, -0.1) is 0 Å². The average molecular weight is 308 g/mol. The first-order valence-electron chi connectivity index (χ1n) is 6.95. The van der Waals surface area contributed by atoms with Gasteiger partial charge >= 0.3 is 5.97 Å². The molecule has 5 nitrogen and oxygen atoms in total. The lowest BCUT2D eigenvalue weighted by Gasteiger charge is -2.04. The van der Waals surface area contributed by atoms with Gasteiger partial charge in [0.2, 0.25) is 0 Å². The Morgan fingerprint density at radius 3 is 2.22 bits per heavy atom. The van der Waals surface area contributed by atoms with E-state index in [0.717, 1.165) is 5.56 Å². The first kappa shape index (κ1) is 16.2. The quantitative estimate of drug-likeness (QED) is 0.399. The van der Waals surface area contributed by atoms with E-state index in [1.54, 1.807) is 30.3 Å². The van der Waals surface area contributed by atoms with Crippen molar-refractivity contribution in [1.29, 1.82) is 0 Å². The maximum absolute atomic E-state index is 11.8. The fourth-order valence-corrected chi connectivity index (χ4v) is 1.81. The number of nitrogens with one attached hydrogen (secondary N) is 1. The maximum atomic E-state index is 11.8. The molecule has 116 valence electrons. The molecule has 0 fully saturated rings. The lowest BCUT2D eigenvalue weighted by Crippen LogP contribution is -2.23. The third-order valence-corrected chi connectivity index (χ3v) is 2.93. The molecule has 23 heavy (non-hydrogen) atoms. The number of ether oxygens (including phenoxy) is 1. The van der Waals surface area contributed by atoms with Crippen LogP contribution in [0.25, 0.3) is 6.08 Å². The second kappa shape index (κ2) is 8.29. The highest BCUT2D eigenvalue weighted by Gasteiger charge is 2.14. The van der Waals surface area contributed by atoms with Crippen molar-refractivity contribution in [3.05, 3.63) is 77.9 Å². The maximum Gasteiger partial charge on any atom is 0.359 e. The lowest BCUT2D eigenvalue weighted by molar-refractivity contribution is -0.132. The highest BCUT2D eigenvalue weighted by atomic mass is 16.5. The van der Waals surface area contributed by atoms with Crippen molar-refractivity contribution in [2.45, 2.75) is 0 Å². The first-order chi connectivity index (χ1) is 11.2. The molecular formula is C18H16N2O3. The minimum atomic E-state index is -0.622. The van der Waals surface area contributed by atoms with E-state index in [-0.39, 0.29) is 5.71 Å². The largest absolute Gasteiger partial charge is 0.464 e. The normalized spacial score (nSPS) is 11.3. The highest BCUT2D eigenvalue weighted by molar-refractivity contribution is 6.43. The van der Waals surface area contributed by atoms with Gasteiger partial charge in [-0.1, -0.05) is 60.7 Å². The van der Waals surface area contributed by atoms with E-state index in [1.165, 1.54) is 13.2 Å². The van der Waals surface area contributed by atoms with Gasteiger partial charge in [-0.25, -0.2) is 10.2 Å². The molecule has 1 N–H and O–H groups in total. The van der Waals surface area contributed by atoms with Gasteiger partial charge in [0.15, 0.2) is 5.71 Å². The highest BCUT2D eigenvalue weighted by Crippen LogP contribution is 2.03. The minimum Gasteiger partial charge on any atom is -0.464 e. The number of methoxy groups -OCH3 is 1. The Morgan fingerprint density at radius 2 is 1.61 bits per heavy atom. The van der Waals surface area contributed by atoms with E-state index in [1.807, 2.05) is 36.4 Å². The molecule has 0 aliphatic heterocycles. The molecule has 1 amide bonds. The molecule has 0 bridgehead atoms. The van der Waals surface area contributed by atoms with Crippen molar-refractivity contribution in [3.63, 3.8) is 0 Å². The van der Waals surface area contributed by atoms with Gasteiger partial charge in [0, 0.05) is 11.6 Å². The number of carbonyl (C=O) groups excluding carboxylic acids is 2. The third-order valence-electron chi connectivity index (χ3n) is 2.93. The second-order valence-electron chi connectivity index (χ2n) is 4.54. The Labute approximate surface area is 134 Å². The summed E-state index contributed by atoms with van der Waals surface area (Å²) in [5, 5.41) is 3.87. The Bertz CT molecular complexity index is 722. The van der Waals surface area contributed by atoms with Crippen LogP contribution in [0.2, 0.25) is 0 Å². The van der Waals surface area contributed by atoms with E-state index >= 15 is 0 Å². The van der Waals surface area contributed by atoms with Crippen molar-refractivity contribution in [1.82, 2.24) is 5.43 Å². The van der Waals surface area contributed by atoms with Crippen molar-refractivity contribution in [2.75, 3.05) is 7.11 Å². The summed E-state index contributed by atoms with van der Waals surface area (Å²) in [5.41, 5.74) is 3.82. The topological polar surface area (TPSA) is 67.8 Å². The van der Waals surface area contributed by atoms with Crippen LogP contribution in [-0.4, -0.2) is 24.7 Å². The van der Waals surface area contributed by atoms with Gasteiger partial charge in [0.25, 0.3) is 5.91 Å². The number of hydrazone groups is 1. The zero-order valence-corrected chi connectivity index (χ0v) is 12.6. The number of amides is 1. The fourth-order valence-electron chi connectivity index (χ4n) is 1.81. The van der Waals surface area contributed by atoms with Gasteiger partial charge in [-0.3, -0.25) is 4.79 Å². The predicted molar refractivity (Wildman–Crippen MR) is 88.6 cm³/mol. The number of hydrogen-bond donors (Lipinski definition) is 1. The number of hydrogen-bond acceptors (Lipinski definition) is 4. The molecule has 0 aliphatic rings. The minimum absolute atomic E-state index is 0.0366. The molecule has 0 radical (unpaired) electrons. The van der Waals surface area contributed by atoms with Crippen LogP contribution in [0.15, 0.2) is 71.8 Å². The lowest BCUT2D eigenvalue weighted by atomic mass is 10.1. The first-order valence-corrected chi connectivity index (χ1v) is 6.95. The SMILES string of the molecule is COC(=O)/C(=N\NC(=O)/C=C/c1ccccc1)c1ccccc1. The molecule has 0 saturated heterocycles. The molecular weight excluding hydrogens is 292 g/mol. The molecule has 0 atom stereocenters. The van der Waals surface area contributed by atoms with Gasteiger partial charge in [-0.2, -0.15) is 5.10 Å². The number of esters is 1. The zero-order valence-electron chi connectivity index (χ0n) is 12.6. The molecule has 0 unspecified atom stereocenters. The summed E-state index contributed by atoms with van der Waals surface area (Å²) in [6.45, 7) is 0. The number of carbonyl (C=O) groups is 2. The van der Waals surface area contributed by atoms with Crippen LogP contribution >= 0.6 is 0 Å². The van der Waals surface area contributed by atoms with E-state index in [9.17, 15) is 9.59 Å². The summed E-state index contributed by atoms with van der Waals surface area (Å²) in [4.78, 5) is 23.6. The smallest absolute Gasteiger partial charge is 0.359 e. The summed E-state index contributed by atoms with van der Waals surface area (Å²) < 4.78 is 4.69. The standard InChI is InChI=1S/C18H16N2O3/c1-23-18(22)17(15-10-6-3-7-11-15)20-19-16(21)13-12-14-8-4-2-5-9-14/h2-13H,1H3,(H,19,21)/b13-12+,20-17-. The molecule has 2 aromatic carbocycles. The molecule has 2 aromatic rings. The van der Waals surface area contributed by atoms with Crippen LogP contribution < -0.4 is 5.43 Å². The van der Waals surface area contributed by atoms with Crippen molar-refractivity contribution in [3.8, 4) is 0 Å². The number of benzene rings is 2. The van der Waals surface area contributed by atoms with Crippen LogP contribution in [-0.2, 0) is 14.3 Å². The second-order valence-corrected chi connectivity index (χ2v) is 4.54. The third kappa shape index (κ3) is 4.93. The van der Waals surface area contributed by atoms with Crippen LogP contribution in [0.5, 0.6) is 0 Å². The van der Waals surface area contributed by atoms with E-state index in [0.29, 0.717) is 5.56 Å². The van der Waals surface area contributed by atoms with Crippen molar-refractivity contribution < 1.29 is 14.3 Å². The van der Waals surface area contributed by atoms with Gasteiger partial charge < -0.3 is 4.74 Å². The van der Waals surface area contributed by atoms with Crippen LogP contribution in [0.4, 0.5) is 0 Å². The summed E-state index contributed by atoms with van der Waals surface area (Å²) in [7, 11) is 1.26. The molecule has 0 aliphatic carbocycles. The van der Waals surface area contributed by atoms with Crippen LogP contribution in [0.1, 0.15) is 11.1 Å². The number of rotatable bonds is 5. The van der Waals surface area contributed by atoms with Gasteiger partial charge in [-0.05, 0) is 11.6 Å². The van der Waals surface area contributed by atoms with E-state index in [4.69, 9.17) is 0 Å². The zero-order chi connectivity index (χ0) is 16.5. The Morgan fingerprint density at radius 1 is 1.00 bits per heavy atom. The van der Waals surface area contributed by atoms with E-state index < -0.39 is 11.9 Å². The van der Waals surface area contributed by atoms with Gasteiger partial charge in [0.1, 0.15) is 0 Å².